The maximum Gasteiger partial charge on any atom is 0.405 e. The molecule has 2 amide bonds. The lowest BCUT2D eigenvalue weighted by Gasteiger charge is -2.16. The summed E-state index contributed by atoms with van der Waals surface area (Å²) in [7, 11) is -3.81. The average Bonchev–Trinajstić information content (AvgIpc) is 3.20. The van der Waals surface area contributed by atoms with Crippen LogP contribution in [0.4, 0.5) is 4.79 Å². The van der Waals surface area contributed by atoms with E-state index in [0.717, 1.165) is 5.52 Å². The Hall–Kier alpha value is -3.11. The second-order valence-corrected chi connectivity index (χ2v) is 9.23. The van der Waals surface area contributed by atoms with Crippen molar-refractivity contribution in [3.63, 3.8) is 0 Å². The summed E-state index contributed by atoms with van der Waals surface area (Å²) in [6.45, 7) is 0. The van der Waals surface area contributed by atoms with Crippen molar-refractivity contribution in [2.24, 2.45) is 0 Å². The van der Waals surface area contributed by atoms with Crippen molar-refractivity contribution in [2.75, 3.05) is 0 Å². The molecule has 1 fully saturated rings. The minimum atomic E-state index is -3.81. The zero-order valence-electron chi connectivity index (χ0n) is 15.4. The second kappa shape index (κ2) is 7.62. The van der Waals surface area contributed by atoms with Crippen LogP contribution >= 0.6 is 11.6 Å². The first-order chi connectivity index (χ1) is 14.2. The molecular formula is C19H17ClN4O5S. The number of H-pyrrole nitrogens is 1. The Morgan fingerprint density at radius 2 is 2.07 bits per heavy atom. The third-order valence-electron chi connectivity index (χ3n) is 4.89. The molecule has 9 nitrogen and oxygen atoms in total. The molecule has 1 aromatic heterocycles. The molecule has 2 aromatic carbocycles. The fraction of sp³-hybridized carbons (Fsp3) is 0.211. The summed E-state index contributed by atoms with van der Waals surface area (Å²) in [5, 5.41) is 10.8. The number of fused-ring (bicyclic) bond motifs is 1. The van der Waals surface area contributed by atoms with Crippen molar-refractivity contribution in [1.29, 1.82) is 0 Å². The number of sulfonamides is 1. The van der Waals surface area contributed by atoms with Crippen LogP contribution in [0, 0.1) is 0 Å². The number of halogens is 1. The minimum absolute atomic E-state index is 0.191. The number of nitrogens with one attached hydrogen (secondary N) is 3. The highest BCUT2D eigenvalue weighted by molar-refractivity contribution is 7.90. The number of carbonyl (C=O) groups excluding carboxylic acids is 1. The summed E-state index contributed by atoms with van der Waals surface area (Å²) in [5.74, 6) is -0.122. The van der Waals surface area contributed by atoms with Gasteiger partial charge >= 0.3 is 6.09 Å². The number of aromatic amines is 1. The molecule has 3 aromatic rings. The predicted molar refractivity (Wildman–Crippen MR) is 110 cm³/mol. The standard InChI is InChI=1S/C19H17ClN4O5S/c20-12-7-10(5-6-11(12)16-9-17(25)24-30(16,28)29)8-15(23-19(26)27)18-21-13-3-1-2-4-14(13)22-18/h1-7,15-16,23H,8-9H2,(H,21,22)(H,24,25)(H,26,27)/t15-,16?/m0/s1. The number of aromatic nitrogens is 2. The lowest BCUT2D eigenvalue weighted by Crippen LogP contribution is -2.29. The van der Waals surface area contributed by atoms with Crippen LogP contribution in [-0.4, -0.2) is 35.5 Å². The Balaban J connectivity index is 1.63. The molecule has 0 saturated carbocycles. The Bertz CT molecular complexity index is 1220. The number of carbonyl (C=O) groups is 2. The van der Waals surface area contributed by atoms with E-state index >= 15 is 0 Å². The van der Waals surface area contributed by atoms with Gasteiger partial charge in [-0.05, 0) is 29.3 Å². The quantitative estimate of drug-likeness (QED) is 0.472. The summed E-state index contributed by atoms with van der Waals surface area (Å²) in [5.41, 5.74) is 2.49. The molecule has 1 saturated heterocycles. The second-order valence-electron chi connectivity index (χ2n) is 6.96. The summed E-state index contributed by atoms with van der Waals surface area (Å²) in [4.78, 5) is 30.4. The Labute approximate surface area is 176 Å². The molecule has 1 aliphatic rings. The number of hydrogen-bond acceptors (Lipinski definition) is 5. The molecule has 2 atom stereocenters. The zero-order chi connectivity index (χ0) is 21.5. The van der Waals surface area contributed by atoms with E-state index < -0.39 is 33.3 Å². The van der Waals surface area contributed by atoms with Crippen LogP contribution in [0.1, 0.15) is 34.7 Å². The molecule has 4 rings (SSSR count). The number of benzene rings is 2. The van der Waals surface area contributed by atoms with Crippen LogP contribution in [0.15, 0.2) is 42.5 Å². The molecule has 1 unspecified atom stereocenters. The smallest absolute Gasteiger partial charge is 0.405 e. The number of hydrogen-bond donors (Lipinski definition) is 4. The largest absolute Gasteiger partial charge is 0.465 e. The number of carboxylic acid groups (broad SMARTS) is 1. The van der Waals surface area contributed by atoms with Crippen molar-refractivity contribution in [2.45, 2.75) is 24.1 Å². The van der Waals surface area contributed by atoms with Gasteiger partial charge < -0.3 is 15.4 Å². The molecule has 0 radical (unpaired) electrons. The Kier molecular flexibility index (Phi) is 5.12. The number of amides is 2. The van der Waals surface area contributed by atoms with Gasteiger partial charge in [0.1, 0.15) is 11.1 Å². The van der Waals surface area contributed by atoms with Gasteiger partial charge in [0.2, 0.25) is 15.9 Å². The highest BCUT2D eigenvalue weighted by Gasteiger charge is 2.39. The van der Waals surface area contributed by atoms with Crippen LogP contribution in [0.25, 0.3) is 11.0 Å². The highest BCUT2D eigenvalue weighted by atomic mass is 35.5. The number of imidazole rings is 1. The van der Waals surface area contributed by atoms with Gasteiger partial charge in [-0.2, -0.15) is 0 Å². The normalized spacial score (nSPS) is 18.8. The number of para-hydroxylation sites is 2. The fourth-order valence-corrected chi connectivity index (χ4v) is 5.38. The van der Waals surface area contributed by atoms with E-state index in [9.17, 15) is 23.1 Å². The summed E-state index contributed by atoms with van der Waals surface area (Å²) < 4.78 is 26.2. The van der Waals surface area contributed by atoms with Crippen LogP contribution < -0.4 is 10.0 Å². The van der Waals surface area contributed by atoms with Crippen molar-refractivity contribution < 1.29 is 23.1 Å². The molecule has 11 heteroatoms. The van der Waals surface area contributed by atoms with Crippen molar-refractivity contribution in [3.05, 3.63) is 64.4 Å². The van der Waals surface area contributed by atoms with Crippen LogP contribution in [0.2, 0.25) is 5.02 Å². The van der Waals surface area contributed by atoms with Crippen LogP contribution in [-0.2, 0) is 21.2 Å². The average molecular weight is 449 g/mol. The molecule has 0 bridgehead atoms. The first-order valence-corrected chi connectivity index (χ1v) is 10.9. The van der Waals surface area contributed by atoms with Gasteiger partial charge in [0.05, 0.1) is 23.5 Å². The molecule has 1 aliphatic heterocycles. The van der Waals surface area contributed by atoms with Gasteiger partial charge in [-0.1, -0.05) is 35.9 Å². The molecule has 4 N–H and O–H groups in total. The number of rotatable bonds is 5. The van der Waals surface area contributed by atoms with Gasteiger partial charge in [0.25, 0.3) is 0 Å². The van der Waals surface area contributed by atoms with Crippen molar-refractivity contribution in [3.8, 4) is 0 Å². The van der Waals surface area contributed by atoms with Gasteiger partial charge in [-0.3, -0.25) is 9.52 Å². The summed E-state index contributed by atoms with van der Waals surface area (Å²) in [6, 6.07) is 11.5. The lowest BCUT2D eigenvalue weighted by atomic mass is 10.0. The molecule has 30 heavy (non-hydrogen) atoms. The monoisotopic (exact) mass is 448 g/mol. The SMILES string of the molecule is O=C(O)N[C@@H](Cc1ccc(C2CC(=O)NS2(=O)=O)c(Cl)c1)c1nc2ccccc2[nH]1. The van der Waals surface area contributed by atoms with Crippen molar-refractivity contribution >= 4 is 44.7 Å². The Morgan fingerprint density at radius 1 is 1.30 bits per heavy atom. The fourth-order valence-electron chi connectivity index (χ4n) is 3.52. The minimum Gasteiger partial charge on any atom is -0.465 e. The van der Waals surface area contributed by atoms with E-state index in [-0.39, 0.29) is 17.9 Å². The first kappa shape index (κ1) is 20.2. The molecule has 156 valence electrons. The molecule has 0 spiro atoms. The van der Waals surface area contributed by atoms with E-state index in [2.05, 4.69) is 15.3 Å². The molecule has 2 heterocycles. The first-order valence-electron chi connectivity index (χ1n) is 9.00. The van der Waals surface area contributed by atoms with Crippen LogP contribution in [0.3, 0.4) is 0 Å². The van der Waals surface area contributed by atoms with E-state index in [1.165, 1.54) is 0 Å². The van der Waals surface area contributed by atoms with E-state index in [4.69, 9.17) is 11.6 Å². The third-order valence-corrected chi connectivity index (χ3v) is 6.90. The summed E-state index contributed by atoms with van der Waals surface area (Å²) in [6.07, 6.45) is -1.16. The lowest BCUT2D eigenvalue weighted by molar-refractivity contribution is -0.118. The number of nitrogens with zero attached hydrogens (tertiary/aromatic N) is 1. The maximum absolute atomic E-state index is 12.1. The van der Waals surface area contributed by atoms with Gasteiger partial charge in [0.15, 0.2) is 0 Å². The predicted octanol–water partition coefficient (Wildman–Crippen LogP) is 2.66. The Morgan fingerprint density at radius 3 is 2.70 bits per heavy atom. The maximum atomic E-state index is 12.1. The highest BCUT2D eigenvalue weighted by Crippen LogP contribution is 2.35. The van der Waals surface area contributed by atoms with E-state index in [1.54, 1.807) is 18.2 Å². The van der Waals surface area contributed by atoms with Crippen LogP contribution in [0.5, 0.6) is 0 Å². The summed E-state index contributed by atoms with van der Waals surface area (Å²) >= 11 is 6.32. The van der Waals surface area contributed by atoms with E-state index in [0.29, 0.717) is 22.5 Å². The van der Waals surface area contributed by atoms with Gasteiger partial charge in [-0.15, -0.1) is 0 Å². The van der Waals surface area contributed by atoms with E-state index in [1.807, 2.05) is 29.0 Å². The third kappa shape index (κ3) is 3.96. The van der Waals surface area contributed by atoms with Gasteiger partial charge in [-0.25, -0.2) is 18.2 Å². The van der Waals surface area contributed by atoms with Gasteiger partial charge in [0, 0.05) is 11.4 Å². The topological polar surface area (TPSA) is 141 Å². The molecular weight excluding hydrogens is 432 g/mol. The molecule has 0 aliphatic carbocycles. The zero-order valence-corrected chi connectivity index (χ0v) is 17.0. The van der Waals surface area contributed by atoms with Crippen molar-refractivity contribution in [1.82, 2.24) is 20.0 Å².